The molecule has 104 valence electrons. The first-order valence-electron chi connectivity index (χ1n) is 6.49. The Morgan fingerprint density at radius 3 is 3.00 bits per heavy atom. The van der Waals surface area contributed by atoms with Gasteiger partial charge in [0.25, 0.3) is 5.91 Å². The van der Waals surface area contributed by atoms with Crippen LogP contribution in [0.1, 0.15) is 36.0 Å². The Bertz CT molecular complexity index is 467. The highest BCUT2D eigenvalue weighted by Gasteiger charge is 2.29. The summed E-state index contributed by atoms with van der Waals surface area (Å²) in [7, 11) is 0. The molecule has 19 heavy (non-hydrogen) atoms. The average molecular weight is 347 g/mol. The number of halogens is 2. The van der Waals surface area contributed by atoms with Crippen LogP contribution in [0.15, 0.2) is 22.7 Å². The van der Waals surface area contributed by atoms with Gasteiger partial charge in [0, 0.05) is 24.0 Å². The Balaban J connectivity index is 2.11. The van der Waals surface area contributed by atoms with Gasteiger partial charge >= 0.3 is 0 Å². The SMILES string of the molecule is O=C(c1ccc(Br)c(O)c1)N1CCCC1CCCCl. The van der Waals surface area contributed by atoms with Gasteiger partial charge in [-0.1, -0.05) is 0 Å². The maximum atomic E-state index is 12.5. The van der Waals surface area contributed by atoms with Crippen molar-refractivity contribution in [2.75, 3.05) is 12.4 Å². The topological polar surface area (TPSA) is 40.5 Å². The molecule has 0 radical (unpaired) electrons. The molecule has 1 aliphatic rings. The first kappa shape index (κ1) is 14.7. The quantitative estimate of drug-likeness (QED) is 0.843. The second kappa shape index (κ2) is 6.62. The van der Waals surface area contributed by atoms with Crippen LogP contribution in [0.2, 0.25) is 0 Å². The predicted octanol–water partition coefficient (Wildman–Crippen LogP) is 3.78. The van der Waals surface area contributed by atoms with Gasteiger partial charge in [0.05, 0.1) is 4.47 Å². The number of carbonyl (C=O) groups excluding carboxylic acids is 1. The van der Waals surface area contributed by atoms with Crippen molar-refractivity contribution in [3.05, 3.63) is 28.2 Å². The van der Waals surface area contributed by atoms with E-state index in [1.165, 1.54) is 6.07 Å². The van der Waals surface area contributed by atoms with Gasteiger partial charge in [-0.05, 0) is 59.8 Å². The molecule has 1 aromatic rings. The summed E-state index contributed by atoms with van der Waals surface area (Å²) in [6.45, 7) is 0.794. The van der Waals surface area contributed by atoms with Crippen LogP contribution in [0.5, 0.6) is 5.75 Å². The predicted molar refractivity (Wildman–Crippen MR) is 79.8 cm³/mol. The fraction of sp³-hybridized carbons (Fsp3) is 0.500. The Labute approximate surface area is 126 Å². The molecule has 1 fully saturated rings. The van der Waals surface area contributed by atoms with Crippen molar-refractivity contribution < 1.29 is 9.90 Å². The first-order chi connectivity index (χ1) is 9.13. The molecule has 1 saturated heterocycles. The van der Waals surface area contributed by atoms with E-state index in [1.807, 2.05) is 4.90 Å². The number of benzene rings is 1. The molecule has 1 heterocycles. The zero-order valence-corrected chi connectivity index (χ0v) is 13.0. The number of phenolic OH excluding ortho intramolecular Hbond substituents is 1. The number of carbonyl (C=O) groups is 1. The fourth-order valence-corrected chi connectivity index (χ4v) is 2.93. The molecular weight excluding hydrogens is 330 g/mol. The highest BCUT2D eigenvalue weighted by Crippen LogP contribution is 2.28. The molecule has 1 N–H and O–H groups in total. The summed E-state index contributed by atoms with van der Waals surface area (Å²) in [6.07, 6.45) is 3.98. The lowest BCUT2D eigenvalue weighted by atomic mass is 10.1. The monoisotopic (exact) mass is 345 g/mol. The number of hydrogen-bond acceptors (Lipinski definition) is 2. The number of likely N-dealkylation sites (tertiary alicyclic amines) is 1. The standard InChI is InChI=1S/C14H17BrClNO2/c15-12-6-5-10(9-13(12)18)14(19)17-8-2-4-11(17)3-1-7-16/h5-6,9,11,18H,1-4,7-8H2. The summed E-state index contributed by atoms with van der Waals surface area (Å²) in [5.41, 5.74) is 0.540. The van der Waals surface area contributed by atoms with Gasteiger partial charge in [-0.25, -0.2) is 0 Å². The summed E-state index contributed by atoms with van der Waals surface area (Å²) < 4.78 is 0.601. The summed E-state index contributed by atoms with van der Waals surface area (Å²) >= 11 is 8.94. The average Bonchev–Trinajstić information content (AvgIpc) is 2.87. The zero-order chi connectivity index (χ0) is 13.8. The zero-order valence-electron chi connectivity index (χ0n) is 10.6. The number of rotatable bonds is 4. The molecule has 1 amide bonds. The summed E-state index contributed by atoms with van der Waals surface area (Å²) in [4.78, 5) is 14.4. The molecule has 2 rings (SSSR count). The van der Waals surface area contributed by atoms with Crippen molar-refractivity contribution in [1.82, 2.24) is 4.90 Å². The van der Waals surface area contributed by atoms with Crippen LogP contribution in [0, 0.1) is 0 Å². The minimum atomic E-state index is -0.000118. The Morgan fingerprint density at radius 1 is 1.53 bits per heavy atom. The first-order valence-corrected chi connectivity index (χ1v) is 7.81. The maximum Gasteiger partial charge on any atom is 0.254 e. The molecular formula is C14H17BrClNO2. The molecule has 0 aromatic heterocycles. The van der Waals surface area contributed by atoms with E-state index < -0.39 is 0 Å². The fourth-order valence-electron chi connectivity index (χ4n) is 2.53. The molecule has 0 bridgehead atoms. The van der Waals surface area contributed by atoms with Gasteiger partial charge in [0.2, 0.25) is 0 Å². The number of alkyl halides is 1. The van der Waals surface area contributed by atoms with E-state index in [0.717, 1.165) is 32.2 Å². The second-order valence-corrected chi connectivity index (χ2v) is 6.02. The molecule has 0 spiro atoms. The summed E-state index contributed by atoms with van der Waals surface area (Å²) in [6, 6.07) is 5.25. The molecule has 1 unspecified atom stereocenters. The smallest absolute Gasteiger partial charge is 0.254 e. The van der Waals surface area contributed by atoms with E-state index in [-0.39, 0.29) is 17.7 Å². The lowest BCUT2D eigenvalue weighted by Gasteiger charge is -2.24. The van der Waals surface area contributed by atoms with Gasteiger partial charge < -0.3 is 10.0 Å². The molecule has 1 atom stereocenters. The van der Waals surface area contributed by atoms with Crippen LogP contribution in [0.4, 0.5) is 0 Å². The molecule has 0 aliphatic carbocycles. The third kappa shape index (κ3) is 3.42. The van der Waals surface area contributed by atoms with Crippen LogP contribution in [-0.4, -0.2) is 34.4 Å². The highest BCUT2D eigenvalue weighted by molar-refractivity contribution is 9.10. The third-order valence-corrected chi connectivity index (χ3v) is 4.44. The Morgan fingerprint density at radius 2 is 2.32 bits per heavy atom. The lowest BCUT2D eigenvalue weighted by Crippen LogP contribution is -2.35. The van der Waals surface area contributed by atoms with Crippen LogP contribution >= 0.6 is 27.5 Å². The number of nitrogens with zero attached hydrogens (tertiary/aromatic N) is 1. The van der Waals surface area contributed by atoms with Gasteiger partial charge in [-0.15, -0.1) is 11.6 Å². The third-order valence-electron chi connectivity index (χ3n) is 3.50. The van der Waals surface area contributed by atoms with Crippen molar-refractivity contribution in [3.8, 4) is 5.75 Å². The molecule has 3 nitrogen and oxygen atoms in total. The molecule has 1 aromatic carbocycles. The van der Waals surface area contributed by atoms with Crippen molar-refractivity contribution >= 4 is 33.4 Å². The van der Waals surface area contributed by atoms with Crippen molar-refractivity contribution in [2.45, 2.75) is 31.7 Å². The van der Waals surface area contributed by atoms with Crippen LogP contribution in [-0.2, 0) is 0 Å². The van der Waals surface area contributed by atoms with Gasteiger partial charge in [0.15, 0.2) is 0 Å². The van der Waals surface area contributed by atoms with Gasteiger partial charge in [-0.3, -0.25) is 4.79 Å². The van der Waals surface area contributed by atoms with Crippen LogP contribution in [0.3, 0.4) is 0 Å². The van der Waals surface area contributed by atoms with Gasteiger partial charge in [-0.2, -0.15) is 0 Å². The van der Waals surface area contributed by atoms with E-state index in [1.54, 1.807) is 12.1 Å². The van der Waals surface area contributed by atoms with Crippen molar-refractivity contribution in [2.24, 2.45) is 0 Å². The number of aromatic hydroxyl groups is 1. The largest absolute Gasteiger partial charge is 0.507 e. The lowest BCUT2D eigenvalue weighted by molar-refractivity contribution is 0.0729. The second-order valence-electron chi connectivity index (χ2n) is 4.79. The minimum absolute atomic E-state index is 0.000118. The van der Waals surface area contributed by atoms with Crippen molar-refractivity contribution in [1.29, 1.82) is 0 Å². The van der Waals surface area contributed by atoms with Crippen molar-refractivity contribution in [3.63, 3.8) is 0 Å². The van der Waals surface area contributed by atoms with E-state index in [4.69, 9.17) is 11.6 Å². The van der Waals surface area contributed by atoms with E-state index in [2.05, 4.69) is 15.9 Å². The van der Waals surface area contributed by atoms with E-state index >= 15 is 0 Å². The van der Waals surface area contributed by atoms with E-state index in [0.29, 0.717) is 15.9 Å². The molecule has 5 heteroatoms. The number of hydrogen-bond donors (Lipinski definition) is 1. The minimum Gasteiger partial charge on any atom is -0.507 e. The van der Waals surface area contributed by atoms with E-state index in [9.17, 15) is 9.90 Å². The number of phenols is 1. The van der Waals surface area contributed by atoms with Crippen LogP contribution < -0.4 is 0 Å². The number of amides is 1. The molecule has 1 aliphatic heterocycles. The normalized spacial score (nSPS) is 18.8. The Hall–Kier alpha value is -0.740. The maximum absolute atomic E-state index is 12.5. The molecule has 0 saturated carbocycles. The van der Waals surface area contributed by atoms with Crippen LogP contribution in [0.25, 0.3) is 0 Å². The highest BCUT2D eigenvalue weighted by atomic mass is 79.9. The van der Waals surface area contributed by atoms with Gasteiger partial charge in [0.1, 0.15) is 5.75 Å². The Kier molecular flexibility index (Phi) is 5.11. The summed E-state index contributed by atoms with van der Waals surface area (Å²) in [5.74, 6) is 0.736. The summed E-state index contributed by atoms with van der Waals surface area (Å²) in [5, 5.41) is 9.66.